The zero-order valence-corrected chi connectivity index (χ0v) is 30.0. The van der Waals surface area contributed by atoms with E-state index in [1.54, 1.807) is 13.8 Å². The van der Waals surface area contributed by atoms with E-state index in [0.29, 0.717) is 19.3 Å². The van der Waals surface area contributed by atoms with Crippen LogP contribution in [0.1, 0.15) is 107 Å². The SMILES string of the molecule is CC(=O)O[C@@H]1[C@H](O)[C@@H]([C@@]2(C)CC[C@@H](C(C)(C)O)O2)[C@]2(C)[C@@H](O)C[C@]34C[C@]35CC[C@H](O[C@H]3OC[C@H](O)[C@@H](O)[C@@H]3O)C(C)(C)[C@@H]5CC[C@@H]4[C@@]12C. The number of rotatable bonds is 5. The molecular weight excluding hydrogens is 620 g/mol. The number of carbonyl (C=O) groups excluding carboxylic acids is 1. The lowest BCUT2D eigenvalue weighted by Gasteiger charge is -2.65. The van der Waals surface area contributed by atoms with Gasteiger partial charge in [0.2, 0.25) is 0 Å². The summed E-state index contributed by atoms with van der Waals surface area (Å²) in [4.78, 5) is 12.7. The van der Waals surface area contributed by atoms with Gasteiger partial charge in [-0.1, -0.05) is 27.7 Å². The molecule has 0 aromatic carbocycles. The van der Waals surface area contributed by atoms with E-state index in [0.717, 1.165) is 32.1 Å². The Labute approximate surface area is 284 Å². The van der Waals surface area contributed by atoms with Crippen LogP contribution in [-0.2, 0) is 23.7 Å². The molecule has 5 aliphatic carbocycles. The third-order valence-corrected chi connectivity index (χ3v) is 16.0. The second kappa shape index (κ2) is 10.8. The van der Waals surface area contributed by atoms with Crippen LogP contribution in [0, 0.1) is 44.8 Å². The summed E-state index contributed by atoms with van der Waals surface area (Å²) in [7, 11) is 0. The summed E-state index contributed by atoms with van der Waals surface area (Å²) >= 11 is 0. The van der Waals surface area contributed by atoms with Crippen LogP contribution in [-0.4, -0.2) is 110 Å². The molecule has 6 N–H and O–H groups in total. The first-order valence-electron chi connectivity index (χ1n) is 18.4. The van der Waals surface area contributed by atoms with Crippen molar-refractivity contribution in [3.8, 4) is 0 Å². The number of hydrogen-bond acceptors (Lipinski definition) is 11. The van der Waals surface area contributed by atoms with E-state index in [4.69, 9.17) is 18.9 Å². The van der Waals surface area contributed by atoms with Crippen molar-refractivity contribution in [2.75, 3.05) is 6.61 Å². The summed E-state index contributed by atoms with van der Waals surface area (Å²) in [6, 6.07) is 0. The fourth-order valence-corrected chi connectivity index (χ4v) is 13.7. The molecule has 48 heavy (non-hydrogen) atoms. The van der Waals surface area contributed by atoms with Gasteiger partial charge in [-0.25, -0.2) is 0 Å². The number of carbonyl (C=O) groups is 1. The van der Waals surface area contributed by atoms with E-state index in [2.05, 4.69) is 27.7 Å². The van der Waals surface area contributed by atoms with Gasteiger partial charge in [-0.3, -0.25) is 4.79 Å². The molecule has 17 atom stereocenters. The van der Waals surface area contributed by atoms with E-state index in [1.807, 2.05) is 6.92 Å². The fraction of sp³-hybridized carbons (Fsp3) is 0.973. The van der Waals surface area contributed by atoms with Crippen LogP contribution in [0.3, 0.4) is 0 Å². The molecule has 2 spiro atoms. The van der Waals surface area contributed by atoms with E-state index in [-0.39, 0.29) is 40.8 Å². The third-order valence-electron chi connectivity index (χ3n) is 16.0. The van der Waals surface area contributed by atoms with Crippen molar-refractivity contribution in [2.24, 2.45) is 44.8 Å². The van der Waals surface area contributed by atoms with Gasteiger partial charge < -0.3 is 49.6 Å². The molecule has 11 heteroatoms. The summed E-state index contributed by atoms with van der Waals surface area (Å²) < 4.78 is 24.9. The summed E-state index contributed by atoms with van der Waals surface area (Å²) in [6.45, 7) is 15.4. The Hall–Kier alpha value is -0.890. The van der Waals surface area contributed by atoms with Crippen molar-refractivity contribution >= 4 is 5.97 Å². The third kappa shape index (κ3) is 4.41. The minimum Gasteiger partial charge on any atom is -0.459 e. The second-order valence-electron chi connectivity index (χ2n) is 18.8. The van der Waals surface area contributed by atoms with Crippen LogP contribution in [0.5, 0.6) is 0 Å². The maximum Gasteiger partial charge on any atom is 0.303 e. The highest BCUT2D eigenvalue weighted by molar-refractivity contribution is 5.66. The molecule has 7 fully saturated rings. The number of hydrogen-bond donors (Lipinski definition) is 6. The van der Waals surface area contributed by atoms with E-state index in [9.17, 15) is 35.4 Å². The van der Waals surface area contributed by atoms with Crippen molar-refractivity contribution in [3.05, 3.63) is 0 Å². The van der Waals surface area contributed by atoms with Gasteiger partial charge in [0.15, 0.2) is 6.29 Å². The molecule has 0 unspecified atom stereocenters. The Morgan fingerprint density at radius 3 is 2.12 bits per heavy atom. The van der Waals surface area contributed by atoms with Crippen molar-refractivity contribution in [3.63, 3.8) is 0 Å². The number of ether oxygens (including phenoxy) is 4. The van der Waals surface area contributed by atoms with Gasteiger partial charge in [0, 0.05) is 23.7 Å². The van der Waals surface area contributed by atoms with Gasteiger partial charge in [0.1, 0.15) is 24.4 Å². The van der Waals surface area contributed by atoms with Crippen LogP contribution in [0.4, 0.5) is 0 Å². The summed E-state index contributed by atoms with van der Waals surface area (Å²) in [5, 5.41) is 66.6. The highest BCUT2D eigenvalue weighted by atomic mass is 16.7. The highest BCUT2D eigenvalue weighted by Gasteiger charge is 2.87. The molecule has 0 amide bonds. The summed E-state index contributed by atoms with van der Waals surface area (Å²) in [5.74, 6) is -0.633. The molecule has 7 aliphatic rings. The minimum atomic E-state index is -1.35. The van der Waals surface area contributed by atoms with Gasteiger partial charge >= 0.3 is 5.97 Å². The van der Waals surface area contributed by atoms with Gasteiger partial charge in [-0.2, -0.15) is 0 Å². The van der Waals surface area contributed by atoms with E-state index >= 15 is 0 Å². The lowest BCUT2D eigenvalue weighted by Crippen LogP contribution is -2.66. The lowest BCUT2D eigenvalue weighted by atomic mass is 9.40. The molecular formula is C37H60O11. The maximum atomic E-state index is 12.7. The minimum absolute atomic E-state index is 0.0596. The predicted octanol–water partition coefficient (Wildman–Crippen LogP) is 2.44. The normalized spacial score (nSPS) is 57.2. The first kappa shape index (κ1) is 35.5. The van der Waals surface area contributed by atoms with Gasteiger partial charge in [0.25, 0.3) is 0 Å². The van der Waals surface area contributed by atoms with Gasteiger partial charge in [0.05, 0.1) is 42.2 Å². The Morgan fingerprint density at radius 1 is 0.833 bits per heavy atom. The Kier molecular flexibility index (Phi) is 8.01. The Balaban J connectivity index is 1.22. The van der Waals surface area contributed by atoms with E-state index < -0.39 is 82.9 Å². The summed E-state index contributed by atoms with van der Waals surface area (Å²) in [6.07, 6.45) is -2.08. The molecule has 2 heterocycles. The molecule has 7 rings (SSSR count). The molecule has 11 nitrogen and oxygen atoms in total. The lowest BCUT2D eigenvalue weighted by molar-refractivity contribution is -0.304. The largest absolute Gasteiger partial charge is 0.459 e. The van der Waals surface area contributed by atoms with Crippen LogP contribution in [0.2, 0.25) is 0 Å². The quantitative estimate of drug-likeness (QED) is 0.186. The van der Waals surface area contributed by atoms with Crippen molar-refractivity contribution in [1.29, 1.82) is 0 Å². The molecule has 0 aromatic rings. The smallest absolute Gasteiger partial charge is 0.303 e. The Bertz CT molecular complexity index is 1300. The average Bonchev–Trinajstić information content (AvgIpc) is 3.38. The average molecular weight is 681 g/mol. The van der Waals surface area contributed by atoms with Gasteiger partial charge in [-0.15, -0.1) is 0 Å². The number of aliphatic hydroxyl groups is 6. The molecule has 0 radical (unpaired) electrons. The molecule has 2 aliphatic heterocycles. The molecule has 274 valence electrons. The zero-order valence-electron chi connectivity index (χ0n) is 30.0. The predicted molar refractivity (Wildman–Crippen MR) is 172 cm³/mol. The topological polar surface area (TPSA) is 175 Å². The molecule has 2 saturated heterocycles. The standard InChI is InChI=1S/C37H60O11/c1-18(38)46-29-27(43)28(33(6)13-11-24(48-33)32(4,5)44)35(8)22(40)15-37-17-36(37)14-12-23(47-30-26(42)25(41)19(39)16-45-30)31(2,3)20(36)9-10-21(37)34(29,35)7/h19-30,39-44H,9-17H2,1-8H3/t19-,20-,21+,22-,23-,24-,25+,26-,27+,28-,29+,30+,33+,34-,35-,36-,37+/m0/s1. The molecule has 0 aromatic heterocycles. The van der Waals surface area contributed by atoms with Crippen LogP contribution in [0.15, 0.2) is 0 Å². The van der Waals surface area contributed by atoms with Crippen molar-refractivity contribution in [2.45, 2.75) is 173 Å². The van der Waals surface area contributed by atoms with Crippen molar-refractivity contribution in [1.82, 2.24) is 0 Å². The van der Waals surface area contributed by atoms with Crippen LogP contribution < -0.4 is 0 Å². The van der Waals surface area contributed by atoms with Crippen molar-refractivity contribution < 1.29 is 54.4 Å². The second-order valence-corrected chi connectivity index (χ2v) is 18.8. The fourth-order valence-electron chi connectivity index (χ4n) is 13.7. The first-order valence-corrected chi connectivity index (χ1v) is 18.4. The molecule has 5 saturated carbocycles. The van der Waals surface area contributed by atoms with Crippen LogP contribution in [0.25, 0.3) is 0 Å². The maximum absolute atomic E-state index is 12.7. The zero-order chi connectivity index (χ0) is 35.2. The number of aliphatic hydroxyl groups excluding tert-OH is 5. The molecule has 0 bridgehead atoms. The monoisotopic (exact) mass is 680 g/mol. The highest BCUT2D eigenvalue weighted by Crippen LogP contribution is 2.89. The Morgan fingerprint density at radius 2 is 1.50 bits per heavy atom. The number of esters is 1. The summed E-state index contributed by atoms with van der Waals surface area (Å²) in [5.41, 5.74) is -4.06. The number of fused-ring (bicyclic) bond motifs is 2. The van der Waals surface area contributed by atoms with E-state index in [1.165, 1.54) is 6.92 Å². The van der Waals surface area contributed by atoms with Gasteiger partial charge in [-0.05, 0) is 100 Å². The van der Waals surface area contributed by atoms with Crippen LogP contribution >= 0.6 is 0 Å². The first-order chi connectivity index (χ1) is 22.1.